The van der Waals surface area contributed by atoms with Crippen LogP contribution in [0.25, 0.3) is 0 Å². The Labute approximate surface area is 162 Å². The van der Waals surface area contributed by atoms with E-state index in [4.69, 9.17) is 0 Å². The molecule has 0 unspecified atom stereocenters. The van der Waals surface area contributed by atoms with Crippen molar-refractivity contribution in [3.05, 3.63) is 65.7 Å². The molecule has 0 spiro atoms. The van der Waals surface area contributed by atoms with E-state index in [1.165, 1.54) is 6.42 Å². The van der Waals surface area contributed by atoms with Gasteiger partial charge in [-0.05, 0) is 43.4 Å². The number of sulfone groups is 1. The Hall–Kier alpha value is -2.14. The summed E-state index contributed by atoms with van der Waals surface area (Å²) in [5, 5.41) is 0. The second-order valence-corrected chi connectivity index (χ2v) is 9.55. The maximum absolute atomic E-state index is 12.8. The number of nitrogens with zero attached hydrogens (tertiary/aromatic N) is 1. The summed E-state index contributed by atoms with van der Waals surface area (Å²) in [4.78, 5) is 14.9. The summed E-state index contributed by atoms with van der Waals surface area (Å²) in [6.45, 7) is 3.18. The minimum absolute atomic E-state index is 0.0236. The number of benzene rings is 2. The first kappa shape index (κ1) is 19.6. The van der Waals surface area contributed by atoms with E-state index in [1.807, 2.05) is 42.2 Å². The number of carbonyl (C=O) groups excluding carboxylic acids is 1. The highest BCUT2D eigenvalue weighted by Crippen LogP contribution is 2.28. The Kier molecular flexibility index (Phi) is 6.32. The van der Waals surface area contributed by atoms with Gasteiger partial charge in [0.25, 0.3) is 0 Å². The molecular weight excluding hydrogens is 358 g/mol. The largest absolute Gasteiger partial charge is 0.338 e. The Morgan fingerprint density at radius 3 is 2.30 bits per heavy atom. The topological polar surface area (TPSA) is 54.5 Å². The van der Waals surface area contributed by atoms with Crippen LogP contribution in [-0.2, 0) is 21.2 Å². The maximum atomic E-state index is 12.8. The molecule has 0 aliphatic heterocycles. The molecule has 1 fully saturated rings. The zero-order valence-corrected chi connectivity index (χ0v) is 16.6. The standard InChI is InChI=1S/C22H27NO3S/c1-18-10-12-21(13-11-18)27(25,26)15-14-22(24)23(17-20-8-5-9-20)16-19-6-3-2-4-7-19/h2-4,6-7,10-13,20H,5,8-9,14-17H2,1H3. The molecule has 3 rings (SSSR count). The van der Waals surface area contributed by atoms with Gasteiger partial charge in [0.1, 0.15) is 0 Å². The number of amides is 1. The molecule has 2 aromatic rings. The number of hydrogen-bond donors (Lipinski definition) is 0. The third-order valence-corrected chi connectivity index (χ3v) is 6.97. The molecule has 1 saturated carbocycles. The van der Waals surface area contributed by atoms with Crippen molar-refractivity contribution < 1.29 is 13.2 Å². The first-order chi connectivity index (χ1) is 12.9. The van der Waals surface area contributed by atoms with Gasteiger partial charge in [-0.1, -0.05) is 54.4 Å². The average molecular weight is 386 g/mol. The van der Waals surface area contributed by atoms with Crippen LogP contribution in [0, 0.1) is 12.8 Å². The van der Waals surface area contributed by atoms with Crippen molar-refractivity contribution in [2.45, 2.75) is 44.0 Å². The third kappa shape index (κ3) is 5.42. The fourth-order valence-electron chi connectivity index (χ4n) is 3.29. The monoisotopic (exact) mass is 385 g/mol. The zero-order chi connectivity index (χ0) is 19.3. The van der Waals surface area contributed by atoms with Gasteiger partial charge in [-0.25, -0.2) is 8.42 Å². The lowest BCUT2D eigenvalue weighted by Crippen LogP contribution is -2.37. The summed E-state index contributed by atoms with van der Waals surface area (Å²) in [5.41, 5.74) is 2.09. The van der Waals surface area contributed by atoms with Crippen LogP contribution >= 0.6 is 0 Å². The van der Waals surface area contributed by atoms with Crippen molar-refractivity contribution in [2.75, 3.05) is 12.3 Å². The summed E-state index contributed by atoms with van der Waals surface area (Å²) in [7, 11) is -3.45. The quantitative estimate of drug-likeness (QED) is 0.690. The summed E-state index contributed by atoms with van der Waals surface area (Å²) >= 11 is 0. The molecule has 0 bridgehead atoms. The molecule has 144 valence electrons. The molecule has 0 aromatic heterocycles. The fourth-order valence-corrected chi connectivity index (χ4v) is 4.52. The van der Waals surface area contributed by atoms with Crippen LogP contribution in [-0.4, -0.2) is 31.5 Å². The molecule has 5 heteroatoms. The van der Waals surface area contributed by atoms with Crippen LogP contribution in [0.5, 0.6) is 0 Å². The van der Waals surface area contributed by atoms with E-state index in [0.29, 0.717) is 12.5 Å². The van der Waals surface area contributed by atoms with Crippen LogP contribution in [0.15, 0.2) is 59.5 Å². The van der Waals surface area contributed by atoms with E-state index in [2.05, 4.69) is 0 Å². The molecule has 2 aromatic carbocycles. The molecule has 0 heterocycles. The Morgan fingerprint density at radius 2 is 1.70 bits per heavy atom. The maximum Gasteiger partial charge on any atom is 0.223 e. The smallest absolute Gasteiger partial charge is 0.223 e. The van der Waals surface area contributed by atoms with Crippen LogP contribution in [0.2, 0.25) is 0 Å². The predicted octanol–water partition coefficient (Wildman–Crippen LogP) is 3.99. The van der Waals surface area contributed by atoms with Gasteiger partial charge in [-0.2, -0.15) is 0 Å². The van der Waals surface area contributed by atoms with Gasteiger partial charge in [0, 0.05) is 19.5 Å². The summed E-state index contributed by atoms with van der Waals surface area (Å²) in [5.74, 6) is 0.318. The number of rotatable bonds is 8. The van der Waals surface area contributed by atoms with Crippen molar-refractivity contribution >= 4 is 15.7 Å². The molecule has 1 amide bonds. The van der Waals surface area contributed by atoms with Gasteiger partial charge in [-0.15, -0.1) is 0 Å². The average Bonchev–Trinajstić information content (AvgIpc) is 2.63. The lowest BCUT2D eigenvalue weighted by atomic mass is 9.85. The van der Waals surface area contributed by atoms with E-state index < -0.39 is 9.84 Å². The predicted molar refractivity (Wildman–Crippen MR) is 107 cm³/mol. The van der Waals surface area contributed by atoms with Crippen LogP contribution < -0.4 is 0 Å². The van der Waals surface area contributed by atoms with Gasteiger partial charge in [-0.3, -0.25) is 4.79 Å². The third-order valence-electron chi connectivity index (χ3n) is 5.24. The summed E-state index contributed by atoms with van der Waals surface area (Å²) in [6.07, 6.45) is 3.55. The normalized spacial score (nSPS) is 14.6. The first-order valence-electron chi connectivity index (χ1n) is 9.55. The highest BCUT2D eigenvalue weighted by atomic mass is 32.2. The first-order valence-corrected chi connectivity index (χ1v) is 11.2. The van der Waals surface area contributed by atoms with Crippen LogP contribution in [0.1, 0.15) is 36.8 Å². The molecule has 1 aliphatic carbocycles. The van der Waals surface area contributed by atoms with Gasteiger partial charge < -0.3 is 4.90 Å². The molecule has 0 N–H and O–H groups in total. The highest BCUT2D eigenvalue weighted by Gasteiger charge is 2.25. The number of hydrogen-bond acceptors (Lipinski definition) is 3. The fraction of sp³-hybridized carbons (Fsp3) is 0.409. The molecule has 0 radical (unpaired) electrons. The molecular formula is C22H27NO3S. The van der Waals surface area contributed by atoms with E-state index in [9.17, 15) is 13.2 Å². The minimum Gasteiger partial charge on any atom is -0.338 e. The van der Waals surface area contributed by atoms with Gasteiger partial charge >= 0.3 is 0 Å². The summed E-state index contributed by atoms with van der Waals surface area (Å²) in [6, 6.07) is 16.7. The zero-order valence-electron chi connectivity index (χ0n) is 15.8. The van der Waals surface area contributed by atoms with Gasteiger partial charge in [0.15, 0.2) is 9.84 Å². The second kappa shape index (κ2) is 8.70. The molecule has 0 saturated heterocycles. The van der Waals surface area contributed by atoms with Crippen molar-refractivity contribution in [3.63, 3.8) is 0 Å². The van der Waals surface area contributed by atoms with Crippen molar-refractivity contribution in [2.24, 2.45) is 5.92 Å². The SMILES string of the molecule is Cc1ccc(S(=O)(=O)CCC(=O)N(Cc2ccccc2)CC2CCC2)cc1. The highest BCUT2D eigenvalue weighted by molar-refractivity contribution is 7.91. The van der Waals surface area contributed by atoms with Crippen molar-refractivity contribution in [1.29, 1.82) is 0 Å². The molecule has 0 atom stereocenters. The molecule has 1 aliphatic rings. The Balaban J connectivity index is 1.65. The molecule has 27 heavy (non-hydrogen) atoms. The van der Waals surface area contributed by atoms with Crippen LogP contribution in [0.3, 0.4) is 0 Å². The lowest BCUT2D eigenvalue weighted by molar-refractivity contribution is -0.132. The van der Waals surface area contributed by atoms with E-state index in [0.717, 1.165) is 30.5 Å². The molecule has 4 nitrogen and oxygen atoms in total. The van der Waals surface area contributed by atoms with Crippen molar-refractivity contribution in [1.82, 2.24) is 4.90 Å². The Morgan fingerprint density at radius 1 is 1.04 bits per heavy atom. The van der Waals surface area contributed by atoms with Crippen LogP contribution in [0.4, 0.5) is 0 Å². The summed E-state index contributed by atoms with van der Waals surface area (Å²) < 4.78 is 25.1. The number of carbonyl (C=O) groups is 1. The van der Waals surface area contributed by atoms with Gasteiger partial charge in [0.05, 0.1) is 10.6 Å². The van der Waals surface area contributed by atoms with E-state index in [-0.39, 0.29) is 23.0 Å². The van der Waals surface area contributed by atoms with E-state index >= 15 is 0 Å². The number of aryl methyl sites for hydroxylation is 1. The van der Waals surface area contributed by atoms with Crippen molar-refractivity contribution in [3.8, 4) is 0 Å². The van der Waals surface area contributed by atoms with Gasteiger partial charge in [0.2, 0.25) is 5.91 Å². The lowest BCUT2D eigenvalue weighted by Gasteiger charge is -2.32. The van der Waals surface area contributed by atoms with E-state index in [1.54, 1.807) is 24.3 Å². The second-order valence-electron chi connectivity index (χ2n) is 7.44. The minimum atomic E-state index is -3.45. The Bertz CT molecular complexity index is 856.